The van der Waals surface area contributed by atoms with E-state index in [1.807, 2.05) is 54.7 Å². The maximum atomic E-state index is 12.6. The number of hydrogen-bond acceptors (Lipinski definition) is 4. The van der Waals surface area contributed by atoms with Crippen LogP contribution < -0.4 is 5.73 Å². The predicted molar refractivity (Wildman–Crippen MR) is 121 cm³/mol. The number of benzene rings is 2. The summed E-state index contributed by atoms with van der Waals surface area (Å²) in [5.41, 5.74) is 11.0. The number of nitrogen functional groups attached to an aromatic ring is 1. The first-order valence-corrected chi connectivity index (χ1v) is 10.7. The van der Waals surface area contributed by atoms with Crippen molar-refractivity contribution in [1.29, 1.82) is 0 Å². The van der Waals surface area contributed by atoms with Crippen LogP contribution in [0, 0.1) is 0 Å². The van der Waals surface area contributed by atoms with Crippen molar-refractivity contribution in [3.05, 3.63) is 82.5 Å². The fraction of sp³-hybridized carbons (Fsp3) is 0.280. The smallest absolute Gasteiger partial charge is 0.163 e. The van der Waals surface area contributed by atoms with Crippen molar-refractivity contribution in [1.82, 2.24) is 4.98 Å². The lowest BCUT2D eigenvalue weighted by Gasteiger charge is -2.22. The van der Waals surface area contributed by atoms with Crippen LogP contribution in [0.25, 0.3) is 11.1 Å². The van der Waals surface area contributed by atoms with E-state index in [0.717, 1.165) is 42.7 Å². The van der Waals surface area contributed by atoms with Gasteiger partial charge in [0.1, 0.15) is 5.82 Å². The van der Waals surface area contributed by atoms with E-state index < -0.39 is 0 Å². The van der Waals surface area contributed by atoms with Gasteiger partial charge in [-0.15, -0.1) is 0 Å². The molecule has 4 nitrogen and oxygen atoms in total. The van der Waals surface area contributed by atoms with Crippen LogP contribution in [0.1, 0.15) is 46.7 Å². The maximum Gasteiger partial charge on any atom is 0.163 e. The predicted octanol–water partition coefficient (Wildman–Crippen LogP) is 5.69. The minimum absolute atomic E-state index is 0.114. The zero-order chi connectivity index (χ0) is 20.9. The Bertz CT molecular complexity index is 1030. The Kier molecular flexibility index (Phi) is 6.46. The topological polar surface area (TPSA) is 65.2 Å². The molecule has 0 radical (unpaired) electrons. The number of aromatic nitrogens is 1. The van der Waals surface area contributed by atoms with E-state index in [9.17, 15) is 4.79 Å². The van der Waals surface area contributed by atoms with Crippen LogP contribution in [-0.2, 0) is 11.2 Å². The number of carbonyl (C=O) groups is 1. The van der Waals surface area contributed by atoms with Gasteiger partial charge in [0, 0.05) is 42.0 Å². The number of aryl methyl sites for hydroxylation is 1. The number of pyridine rings is 1. The minimum atomic E-state index is 0.114. The second-order valence-electron chi connectivity index (χ2n) is 7.72. The van der Waals surface area contributed by atoms with Gasteiger partial charge in [0.2, 0.25) is 0 Å². The molecule has 0 saturated carbocycles. The number of hydrogen-bond donors (Lipinski definition) is 1. The second-order valence-corrected chi connectivity index (χ2v) is 8.15. The molecule has 0 spiro atoms. The van der Waals surface area contributed by atoms with Crippen LogP contribution in [0.4, 0.5) is 5.82 Å². The zero-order valence-electron chi connectivity index (χ0n) is 16.8. The molecule has 30 heavy (non-hydrogen) atoms. The molecule has 5 heteroatoms. The Morgan fingerprint density at radius 2 is 1.87 bits per heavy atom. The number of ether oxygens (including phenoxy) is 1. The summed E-state index contributed by atoms with van der Waals surface area (Å²) < 4.78 is 5.47. The van der Waals surface area contributed by atoms with Gasteiger partial charge in [-0.2, -0.15) is 0 Å². The fourth-order valence-electron chi connectivity index (χ4n) is 3.91. The van der Waals surface area contributed by atoms with E-state index in [1.165, 1.54) is 5.56 Å². The van der Waals surface area contributed by atoms with Crippen LogP contribution in [0.15, 0.2) is 60.8 Å². The lowest BCUT2D eigenvalue weighted by molar-refractivity contribution is 0.0853. The van der Waals surface area contributed by atoms with Crippen LogP contribution in [0.3, 0.4) is 0 Å². The summed E-state index contributed by atoms with van der Waals surface area (Å²) in [7, 11) is 0. The highest BCUT2D eigenvalue weighted by Gasteiger charge is 2.18. The first-order chi connectivity index (χ1) is 14.6. The van der Waals surface area contributed by atoms with E-state index in [2.05, 4.69) is 11.1 Å². The molecule has 1 fully saturated rings. The van der Waals surface area contributed by atoms with Gasteiger partial charge in [0.25, 0.3) is 0 Å². The summed E-state index contributed by atoms with van der Waals surface area (Å²) in [6.07, 6.45) is 5.01. The number of nitrogens with two attached hydrogens (primary N) is 1. The molecule has 2 aromatic carbocycles. The van der Waals surface area contributed by atoms with Gasteiger partial charge in [-0.3, -0.25) is 4.79 Å². The standard InChI is InChI=1S/C25H25ClN2O2/c26-22-3-1-2-17(14-22)4-9-24(29)20-7-5-19(6-8-20)23-15-21(16-28-25(23)27)18-10-12-30-13-11-18/h1-3,5-8,14-16,18H,4,9-13H2,(H2,27,28). The van der Waals surface area contributed by atoms with Crippen molar-refractivity contribution < 1.29 is 9.53 Å². The van der Waals surface area contributed by atoms with Gasteiger partial charge in [0.15, 0.2) is 5.78 Å². The minimum Gasteiger partial charge on any atom is -0.383 e. The van der Waals surface area contributed by atoms with Crippen LogP contribution in [0.2, 0.25) is 5.02 Å². The Morgan fingerprint density at radius 1 is 1.10 bits per heavy atom. The van der Waals surface area contributed by atoms with Crippen LogP contribution >= 0.6 is 11.6 Å². The Morgan fingerprint density at radius 3 is 2.60 bits per heavy atom. The molecule has 1 aliphatic rings. The second kappa shape index (κ2) is 9.41. The monoisotopic (exact) mass is 420 g/mol. The molecule has 1 saturated heterocycles. The Balaban J connectivity index is 1.47. The SMILES string of the molecule is Nc1ncc(C2CCOCC2)cc1-c1ccc(C(=O)CCc2cccc(Cl)c2)cc1. The van der Waals surface area contributed by atoms with E-state index in [1.54, 1.807) is 0 Å². The third-order valence-corrected chi connectivity index (χ3v) is 5.92. The van der Waals surface area contributed by atoms with E-state index in [-0.39, 0.29) is 5.78 Å². The molecule has 154 valence electrons. The lowest BCUT2D eigenvalue weighted by atomic mass is 9.91. The first-order valence-electron chi connectivity index (χ1n) is 10.3. The highest BCUT2D eigenvalue weighted by atomic mass is 35.5. The number of rotatable bonds is 6. The van der Waals surface area contributed by atoms with Crippen LogP contribution in [-0.4, -0.2) is 24.0 Å². The average molecular weight is 421 g/mol. The van der Waals surface area contributed by atoms with Gasteiger partial charge >= 0.3 is 0 Å². The molecular weight excluding hydrogens is 396 g/mol. The summed E-state index contributed by atoms with van der Waals surface area (Å²) in [4.78, 5) is 17.0. The van der Waals surface area contributed by atoms with Crippen molar-refractivity contribution in [2.75, 3.05) is 18.9 Å². The molecule has 0 aliphatic carbocycles. The number of Topliss-reactive ketones (excluding diaryl/α,β-unsaturated/α-hetero) is 1. The van der Waals surface area contributed by atoms with Gasteiger partial charge in [-0.25, -0.2) is 4.98 Å². The molecule has 0 atom stereocenters. The van der Waals surface area contributed by atoms with Crippen molar-refractivity contribution in [3.63, 3.8) is 0 Å². The molecule has 0 unspecified atom stereocenters. The first kappa shape index (κ1) is 20.6. The normalized spacial score (nSPS) is 14.6. The van der Waals surface area contributed by atoms with Gasteiger partial charge < -0.3 is 10.5 Å². The van der Waals surface area contributed by atoms with Crippen LogP contribution in [0.5, 0.6) is 0 Å². The third kappa shape index (κ3) is 4.89. The number of carbonyl (C=O) groups excluding carboxylic acids is 1. The number of ketones is 1. The summed E-state index contributed by atoms with van der Waals surface area (Å²) in [5.74, 6) is 1.08. The molecule has 2 heterocycles. The number of nitrogens with zero attached hydrogens (tertiary/aromatic N) is 1. The average Bonchev–Trinajstić information content (AvgIpc) is 2.78. The third-order valence-electron chi connectivity index (χ3n) is 5.68. The molecule has 3 aromatic rings. The highest BCUT2D eigenvalue weighted by Crippen LogP contribution is 2.32. The fourth-order valence-corrected chi connectivity index (χ4v) is 4.12. The molecule has 2 N–H and O–H groups in total. The number of anilines is 1. The number of halogens is 1. The van der Waals surface area contributed by atoms with Gasteiger partial charge in [-0.05, 0) is 60.1 Å². The van der Waals surface area contributed by atoms with Crippen molar-refractivity contribution in [2.24, 2.45) is 0 Å². The van der Waals surface area contributed by atoms with Gasteiger partial charge in [0.05, 0.1) is 0 Å². The van der Waals surface area contributed by atoms with Crippen molar-refractivity contribution >= 4 is 23.2 Å². The highest BCUT2D eigenvalue weighted by molar-refractivity contribution is 6.30. The van der Waals surface area contributed by atoms with E-state index in [0.29, 0.717) is 35.2 Å². The Labute approximate surface area is 182 Å². The summed E-state index contributed by atoms with van der Waals surface area (Å²) in [6.45, 7) is 1.58. The summed E-state index contributed by atoms with van der Waals surface area (Å²) in [6, 6.07) is 17.4. The molecule has 4 rings (SSSR count). The van der Waals surface area contributed by atoms with E-state index >= 15 is 0 Å². The van der Waals surface area contributed by atoms with E-state index in [4.69, 9.17) is 22.1 Å². The van der Waals surface area contributed by atoms with Crippen molar-refractivity contribution in [3.8, 4) is 11.1 Å². The van der Waals surface area contributed by atoms with Gasteiger partial charge in [-0.1, -0.05) is 48.0 Å². The molecule has 0 amide bonds. The van der Waals surface area contributed by atoms with Crippen molar-refractivity contribution in [2.45, 2.75) is 31.6 Å². The summed E-state index contributed by atoms with van der Waals surface area (Å²) in [5, 5.41) is 0.693. The molecule has 0 bridgehead atoms. The molecular formula is C25H25ClN2O2. The Hall–Kier alpha value is -2.69. The quantitative estimate of drug-likeness (QED) is 0.520. The summed E-state index contributed by atoms with van der Waals surface area (Å²) >= 11 is 6.02. The lowest BCUT2D eigenvalue weighted by Crippen LogP contribution is -2.14. The zero-order valence-corrected chi connectivity index (χ0v) is 17.6. The molecule has 1 aliphatic heterocycles. The molecule has 1 aromatic heterocycles. The maximum absolute atomic E-state index is 12.6. The largest absolute Gasteiger partial charge is 0.383 e.